The van der Waals surface area contributed by atoms with E-state index in [-0.39, 0.29) is 33.6 Å². The molecule has 8 nitrogen and oxygen atoms in total. The Bertz CT molecular complexity index is 1360. The third kappa shape index (κ3) is 6.89. The number of non-ortho nitro benzene ring substituents is 1. The number of nitrogens with zero attached hydrogens (tertiary/aromatic N) is 2. The zero-order chi connectivity index (χ0) is 26.2. The molecule has 1 N–H and O–H groups in total. The molecule has 3 aromatic rings. The summed E-state index contributed by atoms with van der Waals surface area (Å²) >= 11 is 18.1. The van der Waals surface area contributed by atoms with Gasteiger partial charge in [-0.3, -0.25) is 14.9 Å². The number of amides is 1. The molecule has 0 saturated carbocycles. The highest BCUT2D eigenvalue weighted by molar-refractivity contribution is 6.40. The first-order chi connectivity index (χ1) is 17.2. The van der Waals surface area contributed by atoms with Gasteiger partial charge in [0, 0.05) is 17.2 Å². The van der Waals surface area contributed by atoms with Gasteiger partial charge in [0.05, 0.1) is 27.3 Å². The predicted molar refractivity (Wildman–Crippen MR) is 139 cm³/mol. The van der Waals surface area contributed by atoms with E-state index >= 15 is 0 Å². The van der Waals surface area contributed by atoms with Crippen molar-refractivity contribution < 1.29 is 19.2 Å². The zero-order valence-electron chi connectivity index (χ0n) is 18.8. The fraction of sp³-hybridized carbons (Fsp3) is 0.120. The summed E-state index contributed by atoms with van der Waals surface area (Å²) in [6, 6.07) is 16.1. The highest BCUT2D eigenvalue weighted by Gasteiger charge is 2.18. The Balaban J connectivity index is 1.82. The lowest BCUT2D eigenvalue weighted by atomic mass is 10.1. The van der Waals surface area contributed by atoms with Crippen molar-refractivity contribution in [1.82, 2.24) is 0 Å². The molecule has 0 unspecified atom stereocenters. The smallest absolute Gasteiger partial charge is 0.272 e. The van der Waals surface area contributed by atoms with Crippen LogP contribution in [0.5, 0.6) is 11.5 Å². The molecular weight excluding hydrogens is 529 g/mol. The second-order valence-corrected chi connectivity index (χ2v) is 8.47. The van der Waals surface area contributed by atoms with E-state index in [0.29, 0.717) is 28.7 Å². The number of carbonyl (C=O) groups is 1. The number of halogens is 3. The third-order valence-corrected chi connectivity index (χ3v) is 5.53. The molecule has 0 saturated heterocycles. The molecule has 3 aromatic carbocycles. The van der Waals surface area contributed by atoms with Crippen molar-refractivity contribution in [3.8, 4) is 17.6 Å². The SMILES string of the molecule is CCOc1cc(/C=C(\C#N)C(=O)Nc2c(Cl)cc([N+](=O)[O-])cc2Cl)ccc1OCc1cccc(Cl)c1. The molecule has 0 atom stereocenters. The largest absolute Gasteiger partial charge is 0.490 e. The van der Waals surface area contributed by atoms with Crippen LogP contribution in [0.4, 0.5) is 11.4 Å². The van der Waals surface area contributed by atoms with Gasteiger partial charge in [-0.05, 0) is 48.4 Å². The minimum absolute atomic E-state index is 0.0464. The average Bonchev–Trinajstić information content (AvgIpc) is 2.84. The van der Waals surface area contributed by atoms with Crippen molar-refractivity contribution >= 4 is 58.2 Å². The van der Waals surface area contributed by atoms with Crippen LogP contribution in [-0.4, -0.2) is 17.4 Å². The van der Waals surface area contributed by atoms with Crippen molar-refractivity contribution in [2.45, 2.75) is 13.5 Å². The van der Waals surface area contributed by atoms with Crippen molar-refractivity contribution in [2.24, 2.45) is 0 Å². The van der Waals surface area contributed by atoms with Gasteiger partial charge in [-0.2, -0.15) is 5.26 Å². The summed E-state index contributed by atoms with van der Waals surface area (Å²) in [6.45, 7) is 2.44. The number of nitro groups is 1. The van der Waals surface area contributed by atoms with Crippen LogP contribution in [0, 0.1) is 21.4 Å². The maximum atomic E-state index is 12.7. The van der Waals surface area contributed by atoms with E-state index in [2.05, 4.69) is 5.32 Å². The summed E-state index contributed by atoms with van der Waals surface area (Å²) in [5, 5.41) is 23.2. The van der Waals surface area contributed by atoms with E-state index < -0.39 is 10.8 Å². The number of rotatable bonds is 9. The van der Waals surface area contributed by atoms with Gasteiger partial charge in [-0.1, -0.05) is 53.0 Å². The highest BCUT2D eigenvalue weighted by atomic mass is 35.5. The minimum atomic E-state index is -0.797. The van der Waals surface area contributed by atoms with Crippen molar-refractivity contribution in [3.05, 3.63) is 96.5 Å². The molecule has 0 aliphatic rings. The van der Waals surface area contributed by atoms with E-state index in [4.69, 9.17) is 44.3 Å². The van der Waals surface area contributed by atoms with Crippen LogP contribution in [0.15, 0.2) is 60.2 Å². The number of nitro benzene ring substituents is 1. The predicted octanol–water partition coefficient (Wildman–Crippen LogP) is 7.08. The lowest BCUT2D eigenvalue weighted by Gasteiger charge is -2.13. The van der Waals surface area contributed by atoms with E-state index in [9.17, 15) is 20.2 Å². The van der Waals surface area contributed by atoms with Crippen molar-refractivity contribution in [3.63, 3.8) is 0 Å². The number of anilines is 1. The van der Waals surface area contributed by atoms with Crippen molar-refractivity contribution in [2.75, 3.05) is 11.9 Å². The molecule has 1 amide bonds. The molecule has 36 heavy (non-hydrogen) atoms. The number of ether oxygens (including phenoxy) is 2. The van der Waals surface area contributed by atoms with Crippen LogP contribution < -0.4 is 14.8 Å². The summed E-state index contributed by atoms with van der Waals surface area (Å²) in [5.41, 5.74) is 0.743. The Labute approximate surface area is 221 Å². The minimum Gasteiger partial charge on any atom is -0.490 e. The second-order valence-electron chi connectivity index (χ2n) is 7.22. The Morgan fingerprint density at radius 3 is 2.42 bits per heavy atom. The summed E-state index contributed by atoms with van der Waals surface area (Å²) in [7, 11) is 0. The summed E-state index contributed by atoms with van der Waals surface area (Å²) in [4.78, 5) is 23.0. The first-order valence-electron chi connectivity index (χ1n) is 10.4. The number of hydrogen-bond acceptors (Lipinski definition) is 6. The van der Waals surface area contributed by atoms with Gasteiger partial charge >= 0.3 is 0 Å². The molecule has 0 fully saturated rings. The molecule has 0 bridgehead atoms. The Kier molecular flexibility index (Phi) is 9.14. The summed E-state index contributed by atoms with van der Waals surface area (Å²) in [6.07, 6.45) is 1.35. The Morgan fingerprint density at radius 2 is 1.81 bits per heavy atom. The Morgan fingerprint density at radius 1 is 1.08 bits per heavy atom. The maximum absolute atomic E-state index is 12.7. The van der Waals surface area contributed by atoms with Crippen LogP contribution >= 0.6 is 34.8 Å². The maximum Gasteiger partial charge on any atom is 0.272 e. The number of carbonyl (C=O) groups excluding carboxylic acids is 1. The first-order valence-corrected chi connectivity index (χ1v) is 11.6. The zero-order valence-corrected chi connectivity index (χ0v) is 21.0. The van der Waals surface area contributed by atoms with Crippen LogP contribution in [0.1, 0.15) is 18.1 Å². The van der Waals surface area contributed by atoms with Gasteiger partial charge in [-0.25, -0.2) is 0 Å². The van der Waals surface area contributed by atoms with E-state index in [0.717, 1.165) is 17.7 Å². The van der Waals surface area contributed by atoms with Crippen LogP contribution in [-0.2, 0) is 11.4 Å². The highest BCUT2D eigenvalue weighted by Crippen LogP contribution is 2.35. The van der Waals surface area contributed by atoms with Gasteiger partial charge in [0.1, 0.15) is 18.2 Å². The topological polar surface area (TPSA) is 114 Å². The molecule has 184 valence electrons. The van der Waals surface area contributed by atoms with Gasteiger partial charge in [0.25, 0.3) is 11.6 Å². The third-order valence-electron chi connectivity index (χ3n) is 4.70. The van der Waals surface area contributed by atoms with Crippen molar-refractivity contribution in [1.29, 1.82) is 5.26 Å². The fourth-order valence-corrected chi connectivity index (χ4v) is 3.85. The molecule has 0 aliphatic carbocycles. The monoisotopic (exact) mass is 545 g/mol. The molecular formula is C25H18Cl3N3O5. The number of benzene rings is 3. The number of nitriles is 1. The molecule has 3 rings (SSSR count). The standard InChI is InChI=1S/C25H18Cl3N3O5/c1-2-35-23-10-15(6-7-22(23)36-14-16-4-3-5-18(26)9-16)8-17(13-29)25(32)30-24-20(27)11-19(31(33)34)12-21(24)28/h3-12H,2,14H2,1H3,(H,30,32)/b17-8+. The lowest BCUT2D eigenvalue weighted by molar-refractivity contribution is -0.384. The van der Waals surface area contributed by atoms with Gasteiger partial charge in [0.2, 0.25) is 0 Å². The number of hydrogen-bond donors (Lipinski definition) is 1. The van der Waals surface area contributed by atoms with Crippen LogP contribution in [0.3, 0.4) is 0 Å². The van der Waals surface area contributed by atoms with E-state index in [1.807, 2.05) is 25.1 Å². The number of nitrogens with one attached hydrogen (secondary N) is 1. The second kappa shape index (κ2) is 12.3. The van der Waals surface area contributed by atoms with E-state index in [1.165, 1.54) is 6.08 Å². The molecule has 0 heterocycles. The normalized spacial score (nSPS) is 10.9. The molecule has 0 spiro atoms. The van der Waals surface area contributed by atoms with Gasteiger partial charge in [-0.15, -0.1) is 0 Å². The molecule has 0 radical (unpaired) electrons. The van der Waals surface area contributed by atoms with Crippen LogP contribution in [0.25, 0.3) is 6.08 Å². The lowest BCUT2D eigenvalue weighted by Crippen LogP contribution is -2.14. The molecule has 0 aliphatic heterocycles. The summed E-state index contributed by atoms with van der Waals surface area (Å²) in [5.74, 6) is 0.100. The van der Waals surface area contributed by atoms with Gasteiger partial charge < -0.3 is 14.8 Å². The van der Waals surface area contributed by atoms with E-state index in [1.54, 1.807) is 30.3 Å². The molecule has 11 heteroatoms. The van der Waals surface area contributed by atoms with Gasteiger partial charge in [0.15, 0.2) is 11.5 Å². The van der Waals surface area contributed by atoms with Crippen LogP contribution in [0.2, 0.25) is 15.1 Å². The average molecular weight is 547 g/mol. The molecule has 0 aromatic heterocycles. The summed E-state index contributed by atoms with van der Waals surface area (Å²) < 4.78 is 11.5. The quantitative estimate of drug-likeness (QED) is 0.133. The fourth-order valence-electron chi connectivity index (χ4n) is 3.07. The first kappa shape index (κ1) is 26.8. The Hall–Kier alpha value is -3.77.